The van der Waals surface area contributed by atoms with Crippen LogP contribution in [-0.4, -0.2) is 19.7 Å². The Kier molecular flexibility index (Phi) is 5.12. The third-order valence-corrected chi connectivity index (χ3v) is 4.27. The number of fused-ring (bicyclic) bond motifs is 1. The molecule has 0 amide bonds. The second-order valence-corrected chi connectivity index (χ2v) is 6.05. The van der Waals surface area contributed by atoms with Gasteiger partial charge in [0.25, 0.3) is 0 Å². The molecular formula is C16H24ClNO. The first-order valence-corrected chi connectivity index (χ1v) is 7.64. The summed E-state index contributed by atoms with van der Waals surface area (Å²) in [5, 5.41) is 4.26. The molecule has 1 aromatic rings. The fourth-order valence-electron chi connectivity index (χ4n) is 2.62. The summed E-state index contributed by atoms with van der Waals surface area (Å²) in [6.07, 6.45) is 2.03. The number of benzene rings is 1. The number of hydrogen-bond donors (Lipinski definition) is 1. The third kappa shape index (κ3) is 3.64. The molecule has 0 aliphatic carbocycles. The summed E-state index contributed by atoms with van der Waals surface area (Å²) in [5.74, 6) is 2.36. The van der Waals surface area contributed by atoms with Gasteiger partial charge in [-0.15, -0.1) is 0 Å². The van der Waals surface area contributed by atoms with E-state index in [9.17, 15) is 0 Å². The topological polar surface area (TPSA) is 21.3 Å². The van der Waals surface area contributed by atoms with Crippen molar-refractivity contribution in [1.29, 1.82) is 0 Å². The van der Waals surface area contributed by atoms with Crippen molar-refractivity contribution in [2.45, 2.75) is 33.6 Å². The predicted molar refractivity (Wildman–Crippen MR) is 81.2 cm³/mol. The van der Waals surface area contributed by atoms with E-state index in [-0.39, 0.29) is 0 Å². The molecule has 19 heavy (non-hydrogen) atoms. The molecule has 0 saturated carbocycles. The average molecular weight is 282 g/mol. The van der Waals surface area contributed by atoms with E-state index < -0.39 is 0 Å². The lowest BCUT2D eigenvalue weighted by atomic mass is 9.88. The summed E-state index contributed by atoms with van der Waals surface area (Å²) in [7, 11) is 0. The van der Waals surface area contributed by atoms with Gasteiger partial charge in [0.1, 0.15) is 5.75 Å². The molecule has 0 spiro atoms. The molecule has 1 aliphatic rings. The highest BCUT2D eigenvalue weighted by Crippen LogP contribution is 2.35. The van der Waals surface area contributed by atoms with Gasteiger partial charge in [-0.05, 0) is 54.6 Å². The van der Waals surface area contributed by atoms with E-state index >= 15 is 0 Å². The normalized spacial score (nSPS) is 16.8. The summed E-state index contributed by atoms with van der Waals surface area (Å²) in [6, 6.07) is 4.11. The Bertz CT molecular complexity index is 433. The van der Waals surface area contributed by atoms with Crippen molar-refractivity contribution in [3.63, 3.8) is 0 Å². The highest BCUT2D eigenvalue weighted by atomic mass is 35.5. The number of nitrogens with one attached hydrogen (secondary N) is 1. The second kappa shape index (κ2) is 6.62. The Balaban J connectivity index is 2.06. The summed E-state index contributed by atoms with van der Waals surface area (Å²) < 4.78 is 5.77. The van der Waals surface area contributed by atoms with Crippen LogP contribution >= 0.6 is 11.6 Å². The molecule has 0 saturated heterocycles. The van der Waals surface area contributed by atoms with Crippen LogP contribution in [-0.2, 0) is 12.8 Å². The molecule has 0 fully saturated rings. The first-order valence-electron chi connectivity index (χ1n) is 7.26. The van der Waals surface area contributed by atoms with Gasteiger partial charge in [-0.2, -0.15) is 0 Å². The van der Waals surface area contributed by atoms with Crippen LogP contribution in [0.25, 0.3) is 0 Å². The second-order valence-electron chi connectivity index (χ2n) is 5.62. The van der Waals surface area contributed by atoms with Gasteiger partial charge in [0.05, 0.1) is 6.61 Å². The Morgan fingerprint density at radius 1 is 1.32 bits per heavy atom. The molecule has 2 atom stereocenters. The van der Waals surface area contributed by atoms with Gasteiger partial charge in [-0.3, -0.25) is 0 Å². The first-order chi connectivity index (χ1) is 9.11. The summed E-state index contributed by atoms with van der Waals surface area (Å²) >= 11 is 6.21. The Labute approximate surface area is 121 Å². The Hall–Kier alpha value is -0.730. The van der Waals surface area contributed by atoms with Crippen molar-refractivity contribution >= 4 is 11.6 Å². The lowest BCUT2D eigenvalue weighted by molar-refractivity contribution is 0.339. The molecule has 2 rings (SSSR count). The van der Waals surface area contributed by atoms with Crippen molar-refractivity contribution < 1.29 is 4.74 Å². The zero-order valence-corrected chi connectivity index (χ0v) is 12.9. The lowest BCUT2D eigenvalue weighted by Crippen LogP contribution is -2.26. The molecule has 106 valence electrons. The number of hydrogen-bond acceptors (Lipinski definition) is 2. The number of ether oxygens (including phenoxy) is 1. The maximum atomic E-state index is 6.21. The summed E-state index contributed by atoms with van der Waals surface area (Å²) in [5.41, 5.74) is 2.55. The van der Waals surface area contributed by atoms with E-state index in [0.717, 1.165) is 43.3 Å². The first kappa shape index (κ1) is 14.7. The summed E-state index contributed by atoms with van der Waals surface area (Å²) in [4.78, 5) is 0. The average Bonchev–Trinajstić information content (AvgIpc) is 2.83. The highest BCUT2D eigenvalue weighted by Gasteiger charge is 2.20. The van der Waals surface area contributed by atoms with Crippen LogP contribution in [0.1, 0.15) is 31.9 Å². The van der Waals surface area contributed by atoms with Gasteiger partial charge in [0, 0.05) is 11.4 Å². The van der Waals surface area contributed by atoms with Gasteiger partial charge in [-0.1, -0.05) is 32.4 Å². The standard InChI is InChI=1S/C16H24ClNO/c1-4-18-10-12(3)11(2)7-14-9-15(17)8-13-5-6-19-16(13)14/h8-9,11-12,18H,4-7,10H2,1-3H3. The SMILES string of the molecule is CCNCC(C)C(C)Cc1cc(Cl)cc2c1OCC2. The van der Waals surface area contributed by atoms with E-state index in [0.29, 0.717) is 11.8 Å². The fraction of sp³-hybridized carbons (Fsp3) is 0.625. The Morgan fingerprint density at radius 2 is 2.11 bits per heavy atom. The molecular weight excluding hydrogens is 258 g/mol. The van der Waals surface area contributed by atoms with Gasteiger partial charge in [0.2, 0.25) is 0 Å². The largest absolute Gasteiger partial charge is 0.493 e. The smallest absolute Gasteiger partial charge is 0.125 e. The monoisotopic (exact) mass is 281 g/mol. The maximum Gasteiger partial charge on any atom is 0.125 e. The molecule has 2 nitrogen and oxygen atoms in total. The van der Waals surface area contributed by atoms with Gasteiger partial charge in [0.15, 0.2) is 0 Å². The Morgan fingerprint density at radius 3 is 2.84 bits per heavy atom. The quantitative estimate of drug-likeness (QED) is 0.858. The van der Waals surface area contributed by atoms with Crippen LogP contribution in [0.4, 0.5) is 0 Å². The molecule has 1 N–H and O–H groups in total. The van der Waals surface area contributed by atoms with Crippen molar-refractivity contribution in [3.05, 3.63) is 28.3 Å². The minimum atomic E-state index is 0.616. The molecule has 3 heteroatoms. The van der Waals surface area contributed by atoms with Crippen LogP contribution in [0.15, 0.2) is 12.1 Å². The van der Waals surface area contributed by atoms with Gasteiger partial charge >= 0.3 is 0 Å². The van der Waals surface area contributed by atoms with Gasteiger partial charge in [-0.25, -0.2) is 0 Å². The fourth-order valence-corrected chi connectivity index (χ4v) is 2.88. The molecule has 0 radical (unpaired) electrons. The van der Waals surface area contributed by atoms with Crippen LogP contribution < -0.4 is 10.1 Å². The molecule has 1 aromatic carbocycles. The van der Waals surface area contributed by atoms with E-state index in [4.69, 9.17) is 16.3 Å². The van der Waals surface area contributed by atoms with Crippen molar-refractivity contribution in [3.8, 4) is 5.75 Å². The highest BCUT2D eigenvalue weighted by molar-refractivity contribution is 6.30. The number of halogens is 1. The summed E-state index contributed by atoms with van der Waals surface area (Å²) in [6.45, 7) is 9.66. The van der Waals surface area contributed by atoms with Crippen LogP contribution in [0.3, 0.4) is 0 Å². The third-order valence-electron chi connectivity index (χ3n) is 4.05. The van der Waals surface area contributed by atoms with Crippen molar-refractivity contribution in [2.75, 3.05) is 19.7 Å². The predicted octanol–water partition coefficient (Wildman–Crippen LogP) is 3.70. The van der Waals surface area contributed by atoms with Crippen LogP contribution in [0, 0.1) is 11.8 Å². The van der Waals surface area contributed by atoms with Crippen LogP contribution in [0.2, 0.25) is 5.02 Å². The molecule has 2 unspecified atom stereocenters. The number of rotatable bonds is 6. The van der Waals surface area contributed by atoms with E-state index in [1.807, 2.05) is 6.07 Å². The van der Waals surface area contributed by atoms with Crippen LogP contribution in [0.5, 0.6) is 5.75 Å². The van der Waals surface area contributed by atoms with E-state index in [1.54, 1.807) is 0 Å². The zero-order valence-electron chi connectivity index (χ0n) is 12.1. The van der Waals surface area contributed by atoms with Gasteiger partial charge < -0.3 is 10.1 Å². The minimum Gasteiger partial charge on any atom is -0.493 e. The van der Waals surface area contributed by atoms with E-state index in [2.05, 4.69) is 32.2 Å². The minimum absolute atomic E-state index is 0.616. The molecule has 0 bridgehead atoms. The zero-order chi connectivity index (χ0) is 13.8. The molecule has 1 aliphatic heterocycles. The van der Waals surface area contributed by atoms with Crippen molar-refractivity contribution in [2.24, 2.45) is 11.8 Å². The molecule has 0 aromatic heterocycles. The molecule has 1 heterocycles. The van der Waals surface area contributed by atoms with Crippen molar-refractivity contribution in [1.82, 2.24) is 5.32 Å². The van der Waals surface area contributed by atoms with E-state index in [1.165, 1.54) is 11.1 Å². The lowest BCUT2D eigenvalue weighted by Gasteiger charge is -2.21. The maximum absolute atomic E-state index is 6.21.